The highest BCUT2D eigenvalue weighted by atomic mass is 14.8. The summed E-state index contributed by atoms with van der Waals surface area (Å²) >= 11 is 0. The Balaban J connectivity index is 2.15. The van der Waals surface area contributed by atoms with Crippen molar-refractivity contribution in [2.75, 3.05) is 0 Å². The van der Waals surface area contributed by atoms with Gasteiger partial charge in [-0.15, -0.1) is 0 Å². The first kappa shape index (κ1) is 12.0. The molecule has 1 atom stereocenters. The standard InChI is InChI=1S/C17H17N2/c1-3-17(2,14-7-5-4-6-8-14)15-11-13-9-10-18-16(13)19-12-15/h4-12H,1,3H2,2H3,(H,18,19)/t17-/m0/s1. The summed E-state index contributed by atoms with van der Waals surface area (Å²) in [6.07, 6.45) is 4.68. The SMILES string of the molecule is [CH2]C[C@@](C)(c1ccccc1)c1cnc2[nH]ccc2c1. The molecule has 0 fully saturated rings. The van der Waals surface area contributed by atoms with Crippen LogP contribution in [0.3, 0.4) is 0 Å². The van der Waals surface area contributed by atoms with Gasteiger partial charge in [-0.3, -0.25) is 0 Å². The van der Waals surface area contributed by atoms with Crippen molar-refractivity contribution >= 4 is 11.0 Å². The van der Waals surface area contributed by atoms with Crippen LogP contribution in [0.15, 0.2) is 54.9 Å². The molecule has 1 radical (unpaired) electrons. The van der Waals surface area contributed by atoms with Gasteiger partial charge in [-0.1, -0.05) is 44.2 Å². The summed E-state index contributed by atoms with van der Waals surface area (Å²) in [4.78, 5) is 7.63. The zero-order valence-corrected chi connectivity index (χ0v) is 11.1. The maximum Gasteiger partial charge on any atom is 0.137 e. The largest absolute Gasteiger partial charge is 0.346 e. The summed E-state index contributed by atoms with van der Waals surface area (Å²) in [5.74, 6) is 0. The second-order valence-corrected chi connectivity index (χ2v) is 5.09. The van der Waals surface area contributed by atoms with Crippen molar-refractivity contribution in [3.63, 3.8) is 0 Å². The average molecular weight is 249 g/mol. The summed E-state index contributed by atoms with van der Waals surface area (Å²) in [5, 5.41) is 1.15. The number of hydrogen-bond acceptors (Lipinski definition) is 1. The molecular formula is C17H17N2. The van der Waals surface area contributed by atoms with E-state index in [2.05, 4.69) is 60.2 Å². The molecule has 0 aliphatic carbocycles. The van der Waals surface area contributed by atoms with Gasteiger partial charge in [0.25, 0.3) is 0 Å². The van der Waals surface area contributed by atoms with Gasteiger partial charge >= 0.3 is 0 Å². The van der Waals surface area contributed by atoms with Crippen LogP contribution in [0.5, 0.6) is 0 Å². The average Bonchev–Trinajstić information content (AvgIpc) is 2.94. The van der Waals surface area contributed by atoms with E-state index in [9.17, 15) is 0 Å². The quantitative estimate of drug-likeness (QED) is 0.744. The zero-order valence-electron chi connectivity index (χ0n) is 11.1. The monoisotopic (exact) mass is 249 g/mol. The van der Waals surface area contributed by atoms with E-state index in [0.717, 1.165) is 17.5 Å². The van der Waals surface area contributed by atoms with E-state index in [1.807, 2.05) is 18.5 Å². The van der Waals surface area contributed by atoms with Crippen LogP contribution in [0, 0.1) is 6.92 Å². The van der Waals surface area contributed by atoms with Crippen LogP contribution in [-0.4, -0.2) is 9.97 Å². The maximum atomic E-state index is 4.50. The Bertz CT molecular complexity index is 685. The molecule has 0 saturated heterocycles. The molecule has 3 aromatic rings. The number of H-pyrrole nitrogens is 1. The van der Waals surface area contributed by atoms with E-state index in [-0.39, 0.29) is 5.41 Å². The molecule has 0 unspecified atom stereocenters. The van der Waals surface area contributed by atoms with Crippen LogP contribution in [0.1, 0.15) is 24.5 Å². The van der Waals surface area contributed by atoms with Gasteiger partial charge in [0.1, 0.15) is 5.65 Å². The number of fused-ring (bicyclic) bond motifs is 1. The number of rotatable bonds is 3. The van der Waals surface area contributed by atoms with E-state index in [1.165, 1.54) is 11.1 Å². The van der Waals surface area contributed by atoms with Crippen LogP contribution >= 0.6 is 0 Å². The van der Waals surface area contributed by atoms with E-state index in [4.69, 9.17) is 0 Å². The molecule has 19 heavy (non-hydrogen) atoms. The Hall–Kier alpha value is -2.09. The van der Waals surface area contributed by atoms with Crippen LogP contribution in [0.2, 0.25) is 0 Å². The Morgan fingerprint density at radius 1 is 1.16 bits per heavy atom. The van der Waals surface area contributed by atoms with Crippen LogP contribution in [-0.2, 0) is 5.41 Å². The fourth-order valence-electron chi connectivity index (χ4n) is 2.50. The predicted octanol–water partition coefficient (Wildman–Crippen LogP) is 4.09. The number of nitrogens with one attached hydrogen (secondary N) is 1. The minimum absolute atomic E-state index is 0.0975. The zero-order chi connectivity index (χ0) is 13.3. The number of pyridine rings is 1. The van der Waals surface area contributed by atoms with Gasteiger partial charge in [0, 0.05) is 23.2 Å². The van der Waals surface area contributed by atoms with Gasteiger partial charge in [-0.05, 0) is 29.7 Å². The van der Waals surface area contributed by atoms with Gasteiger partial charge in [0.2, 0.25) is 0 Å². The molecule has 1 aromatic carbocycles. The highest BCUT2D eigenvalue weighted by Crippen LogP contribution is 2.35. The lowest BCUT2D eigenvalue weighted by Gasteiger charge is -2.29. The second kappa shape index (κ2) is 4.54. The van der Waals surface area contributed by atoms with E-state index in [1.54, 1.807) is 0 Å². The van der Waals surface area contributed by atoms with Crippen LogP contribution in [0.25, 0.3) is 11.0 Å². The van der Waals surface area contributed by atoms with Crippen molar-refractivity contribution in [3.8, 4) is 0 Å². The first-order chi connectivity index (χ1) is 9.24. The van der Waals surface area contributed by atoms with Crippen molar-refractivity contribution < 1.29 is 0 Å². The fourth-order valence-corrected chi connectivity index (χ4v) is 2.50. The molecular weight excluding hydrogens is 232 g/mol. The van der Waals surface area contributed by atoms with Gasteiger partial charge in [0.05, 0.1) is 0 Å². The minimum atomic E-state index is -0.0975. The normalized spacial score (nSPS) is 14.4. The molecule has 0 bridgehead atoms. The Morgan fingerprint density at radius 3 is 2.68 bits per heavy atom. The highest BCUT2D eigenvalue weighted by Gasteiger charge is 2.27. The van der Waals surface area contributed by atoms with Crippen molar-refractivity contribution in [3.05, 3.63) is 72.9 Å². The Labute approximate surface area is 113 Å². The summed E-state index contributed by atoms with van der Waals surface area (Å²) < 4.78 is 0. The first-order valence-corrected chi connectivity index (χ1v) is 6.52. The van der Waals surface area contributed by atoms with Crippen molar-refractivity contribution in [2.24, 2.45) is 0 Å². The van der Waals surface area contributed by atoms with Crippen LogP contribution < -0.4 is 0 Å². The number of aromatic nitrogens is 2. The van der Waals surface area contributed by atoms with Gasteiger partial charge < -0.3 is 4.98 Å². The van der Waals surface area contributed by atoms with E-state index in [0.29, 0.717) is 0 Å². The van der Waals surface area contributed by atoms with Gasteiger partial charge in [-0.2, -0.15) is 0 Å². The molecule has 95 valence electrons. The third kappa shape index (κ3) is 1.93. The molecule has 0 saturated carbocycles. The van der Waals surface area contributed by atoms with Crippen molar-refractivity contribution in [1.82, 2.24) is 9.97 Å². The highest BCUT2D eigenvalue weighted by molar-refractivity contribution is 5.76. The topological polar surface area (TPSA) is 28.7 Å². The second-order valence-electron chi connectivity index (χ2n) is 5.09. The molecule has 3 rings (SSSR count). The Kier molecular flexibility index (Phi) is 2.86. The predicted molar refractivity (Wildman–Crippen MR) is 79.0 cm³/mol. The summed E-state index contributed by atoms with van der Waals surface area (Å²) in [5.41, 5.74) is 3.32. The third-order valence-electron chi connectivity index (χ3n) is 3.95. The van der Waals surface area contributed by atoms with Crippen molar-refractivity contribution in [1.29, 1.82) is 0 Å². The lowest BCUT2D eigenvalue weighted by molar-refractivity contribution is 0.577. The fraction of sp³-hybridized carbons (Fsp3) is 0.176. The number of benzene rings is 1. The van der Waals surface area contributed by atoms with Gasteiger partial charge in [-0.25, -0.2) is 4.98 Å². The molecule has 1 N–H and O–H groups in total. The summed E-state index contributed by atoms with van der Waals surface area (Å²) in [6, 6.07) is 14.8. The third-order valence-corrected chi connectivity index (χ3v) is 3.95. The Morgan fingerprint density at radius 2 is 1.95 bits per heavy atom. The van der Waals surface area contributed by atoms with Crippen molar-refractivity contribution in [2.45, 2.75) is 18.8 Å². The smallest absolute Gasteiger partial charge is 0.137 e. The number of hydrogen-bond donors (Lipinski definition) is 1. The first-order valence-electron chi connectivity index (χ1n) is 6.52. The molecule has 2 nitrogen and oxygen atoms in total. The molecule has 0 spiro atoms. The minimum Gasteiger partial charge on any atom is -0.346 e. The maximum absolute atomic E-state index is 4.50. The number of aromatic amines is 1. The molecule has 2 heteroatoms. The molecule has 0 aliphatic heterocycles. The van der Waals surface area contributed by atoms with E-state index < -0.39 is 0 Å². The van der Waals surface area contributed by atoms with Gasteiger partial charge in [0.15, 0.2) is 0 Å². The molecule has 0 aliphatic rings. The summed E-state index contributed by atoms with van der Waals surface area (Å²) in [7, 11) is 0. The lowest BCUT2D eigenvalue weighted by atomic mass is 9.75. The lowest BCUT2D eigenvalue weighted by Crippen LogP contribution is -2.22. The molecule has 2 heterocycles. The molecule has 2 aromatic heterocycles. The number of nitrogens with zero attached hydrogens (tertiary/aromatic N) is 1. The molecule has 0 amide bonds. The summed E-state index contributed by atoms with van der Waals surface area (Å²) in [6.45, 7) is 6.37. The van der Waals surface area contributed by atoms with E-state index >= 15 is 0 Å². The van der Waals surface area contributed by atoms with Crippen LogP contribution in [0.4, 0.5) is 0 Å².